The Kier molecular flexibility index (Phi) is 3.74. The molecule has 2 N–H and O–H groups in total. The maximum absolute atomic E-state index is 14.2. The topological polar surface area (TPSA) is 49.7 Å². The number of hydrogen-bond donors (Lipinski definition) is 2. The van der Waals surface area contributed by atoms with Crippen LogP contribution in [-0.4, -0.2) is 48.5 Å². The third-order valence-corrected chi connectivity index (χ3v) is 2.32. The summed E-state index contributed by atoms with van der Waals surface area (Å²) in [5.74, 6) is 0. The summed E-state index contributed by atoms with van der Waals surface area (Å²) in [7, 11) is 5.41. The lowest BCUT2D eigenvalue weighted by atomic mass is 9.81. The van der Waals surface area contributed by atoms with E-state index in [-0.39, 0.29) is 0 Å². The lowest BCUT2D eigenvalue weighted by molar-refractivity contribution is -0.00856. The smallest absolute Gasteiger partial charge is 0.182 e. The van der Waals surface area contributed by atoms with E-state index in [1.165, 1.54) is 0 Å². The van der Waals surface area contributed by atoms with Crippen LogP contribution >= 0.6 is 0 Å². The van der Waals surface area contributed by atoms with Crippen molar-refractivity contribution in [1.82, 2.24) is 0 Å². The van der Waals surface area contributed by atoms with Crippen LogP contribution in [0.3, 0.4) is 0 Å². The van der Waals surface area contributed by atoms with E-state index in [1.807, 2.05) is 0 Å². The SMILES string of the molecule is [B]C1OC(CO)C(O)C1(F)C=C=C(C)C. The zero-order valence-corrected chi connectivity index (χ0v) is 8.77. The Morgan fingerprint density at radius 3 is 2.67 bits per heavy atom. The van der Waals surface area contributed by atoms with Gasteiger partial charge in [0.05, 0.1) is 12.6 Å². The number of hydrogen-bond acceptors (Lipinski definition) is 3. The van der Waals surface area contributed by atoms with E-state index in [0.717, 1.165) is 11.6 Å². The van der Waals surface area contributed by atoms with Gasteiger partial charge in [-0.15, -0.1) is 5.73 Å². The van der Waals surface area contributed by atoms with Crippen LogP contribution in [0.1, 0.15) is 13.8 Å². The van der Waals surface area contributed by atoms with Crippen LogP contribution in [0.5, 0.6) is 0 Å². The maximum atomic E-state index is 14.2. The molecule has 15 heavy (non-hydrogen) atoms. The molecule has 0 aromatic carbocycles. The average Bonchev–Trinajstić information content (AvgIpc) is 2.40. The van der Waals surface area contributed by atoms with Gasteiger partial charge in [0, 0.05) is 0 Å². The number of halogens is 1. The van der Waals surface area contributed by atoms with Crippen LogP contribution in [0.2, 0.25) is 0 Å². The molecule has 1 aliphatic rings. The van der Waals surface area contributed by atoms with Crippen LogP contribution in [0.15, 0.2) is 17.4 Å². The highest BCUT2D eigenvalue weighted by atomic mass is 19.1. The highest BCUT2D eigenvalue weighted by Gasteiger charge is 2.52. The van der Waals surface area contributed by atoms with Crippen molar-refractivity contribution in [3.05, 3.63) is 17.4 Å². The van der Waals surface area contributed by atoms with Crippen molar-refractivity contribution < 1.29 is 19.3 Å². The van der Waals surface area contributed by atoms with Crippen molar-refractivity contribution in [3.8, 4) is 0 Å². The Hall–Kier alpha value is -0.605. The molecule has 1 rings (SSSR count). The van der Waals surface area contributed by atoms with Crippen molar-refractivity contribution in [2.45, 2.75) is 37.7 Å². The third kappa shape index (κ3) is 2.32. The number of aliphatic hydroxyl groups excluding tert-OH is 2. The molecule has 0 aliphatic carbocycles. The first-order chi connectivity index (χ1) is 6.91. The third-order valence-electron chi connectivity index (χ3n) is 2.32. The number of aliphatic hydroxyl groups is 2. The summed E-state index contributed by atoms with van der Waals surface area (Å²) >= 11 is 0. The van der Waals surface area contributed by atoms with E-state index in [2.05, 4.69) is 5.73 Å². The quantitative estimate of drug-likeness (QED) is 0.502. The number of alkyl halides is 1. The van der Waals surface area contributed by atoms with Gasteiger partial charge in [0.25, 0.3) is 0 Å². The molecule has 4 unspecified atom stereocenters. The Balaban J connectivity index is 2.97. The van der Waals surface area contributed by atoms with Gasteiger partial charge in [0.15, 0.2) is 5.67 Å². The van der Waals surface area contributed by atoms with Crippen LogP contribution < -0.4 is 0 Å². The molecule has 0 spiro atoms. The highest BCUT2D eigenvalue weighted by molar-refractivity contribution is 6.12. The second kappa shape index (κ2) is 4.50. The zero-order valence-electron chi connectivity index (χ0n) is 8.77. The fraction of sp³-hybridized carbons (Fsp3) is 0.700. The van der Waals surface area contributed by atoms with Crippen molar-refractivity contribution in [1.29, 1.82) is 0 Å². The monoisotopic (exact) mass is 212 g/mol. The molecule has 3 nitrogen and oxygen atoms in total. The maximum Gasteiger partial charge on any atom is 0.182 e. The second-order valence-electron chi connectivity index (χ2n) is 3.84. The summed E-state index contributed by atoms with van der Waals surface area (Å²) in [6.07, 6.45) is -1.39. The van der Waals surface area contributed by atoms with Crippen LogP contribution in [0, 0.1) is 0 Å². The lowest BCUT2D eigenvalue weighted by Gasteiger charge is -2.22. The van der Waals surface area contributed by atoms with E-state index < -0.39 is 30.5 Å². The second-order valence-corrected chi connectivity index (χ2v) is 3.84. The lowest BCUT2D eigenvalue weighted by Crippen LogP contribution is -2.43. The molecular weight excluding hydrogens is 198 g/mol. The van der Waals surface area contributed by atoms with Crippen LogP contribution in [-0.2, 0) is 4.74 Å². The van der Waals surface area contributed by atoms with Gasteiger partial charge in [-0.05, 0) is 25.5 Å². The van der Waals surface area contributed by atoms with Crippen molar-refractivity contribution in [2.75, 3.05) is 6.61 Å². The van der Waals surface area contributed by atoms with E-state index in [9.17, 15) is 9.50 Å². The Morgan fingerprint density at radius 1 is 1.67 bits per heavy atom. The first kappa shape index (κ1) is 12.5. The summed E-state index contributed by atoms with van der Waals surface area (Å²) in [5, 5.41) is 18.4. The molecule has 0 aromatic rings. The van der Waals surface area contributed by atoms with Gasteiger partial charge in [-0.3, -0.25) is 0 Å². The molecular formula is C10H14BFO3. The number of ether oxygens (including phenoxy) is 1. The van der Waals surface area contributed by atoms with E-state index >= 15 is 0 Å². The largest absolute Gasteiger partial charge is 0.394 e. The summed E-state index contributed by atoms with van der Waals surface area (Å²) < 4.78 is 19.0. The molecule has 2 radical (unpaired) electrons. The van der Waals surface area contributed by atoms with Gasteiger partial charge >= 0.3 is 0 Å². The predicted octanol–water partition coefficient (Wildman–Crippen LogP) is 0.0626. The normalized spacial score (nSPS) is 39.9. The molecule has 4 atom stereocenters. The summed E-state index contributed by atoms with van der Waals surface area (Å²) in [5.41, 5.74) is 1.22. The van der Waals surface area contributed by atoms with E-state index in [1.54, 1.807) is 13.8 Å². The molecule has 82 valence electrons. The minimum absolute atomic E-state index is 0.469. The van der Waals surface area contributed by atoms with Gasteiger partial charge in [-0.25, -0.2) is 4.39 Å². The Bertz CT molecular complexity index is 297. The van der Waals surface area contributed by atoms with Gasteiger partial charge in [-0.1, -0.05) is 0 Å². The van der Waals surface area contributed by atoms with Crippen molar-refractivity contribution in [2.24, 2.45) is 0 Å². The van der Waals surface area contributed by atoms with Gasteiger partial charge in [0.1, 0.15) is 20.1 Å². The van der Waals surface area contributed by atoms with E-state index in [0.29, 0.717) is 0 Å². The van der Waals surface area contributed by atoms with Crippen molar-refractivity contribution in [3.63, 3.8) is 0 Å². The molecule has 0 aromatic heterocycles. The van der Waals surface area contributed by atoms with Gasteiger partial charge < -0.3 is 14.9 Å². The minimum atomic E-state index is -2.19. The molecule has 0 bridgehead atoms. The summed E-state index contributed by atoms with van der Waals surface area (Å²) in [6, 6.07) is -1.28. The molecule has 0 saturated carbocycles. The molecule has 1 fully saturated rings. The Labute approximate surface area is 89.7 Å². The average molecular weight is 212 g/mol. The standard InChI is InChI=1S/C10H14BFO3/c1-6(2)3-4-10(12)8(14)7(5-13)15-9(10)11/h4,7-9,13-14H,5H2,1-2H3. The summed E-state index contributed by atoms with van der Waals surface area (Å²) in [6.45, 7) is 3.03. The van der Waals surface area contributed by atoms with Crippen LogP contribution in [0.4, 0.5) is 4.39 Å². The first-order valence-electron chi connectivity index (χ1n) is 4.71. The number of rotatable bonds is 2. The zero-order chi connectivity index (χ0) is 11.6. The minimum Gasteiger partial charge on any atom is -0.394 e. The molecule has 5 heteroatoms. The van der Waals surface area contributed by atoms with E-state index in [4.69, 9.17) is 17.7 Å². The van der Waals surface area contributed by atoms with Gasteiger partial charge in [-0.2, -0.15) is 0 Å². The molecule has 1 aliphatic heterocycles. The molecule has 0 amide bonds. The predicted molar refractivity (Wildman–Crippen MR) is 54.3 cm³/mol. The first-order valence-corrected chi connectivity index (χ1v) is 4.71. The highest BCUT2D eigenvalue weighted by Crippen LogP contribution is 2.34. The van der Waals surface area contributed by atoms with Crippen LogP contribution in [0.25, 0.3) is 0 Å². The van der Waals surface area contributed by atoms with Gasteiger partial charge in [0.2, 0.25) is 0 Å². The fourth-order valence-corrected chi connectivity index (χ4v) is 1.39. The van der Waals surface area contributed by atoms with Crippen molar-refractivity contribution >= 4 is 7.85 Å². The molecule has 1 heterocycles. The fourth-order valence-electron chi connectivity index (χ4n) is 1.39. The molecule has 1 saturated heterocycles. The summed E-state index contributed by atoms with van der Waals surface area (Å²) in [4.78, 5) is 0. The Morgan fingerprint density at radius 2 is 2.27 bits per heavy atom.